The van der Waals surface area contributed by atoms with E-state index < -0.39 is 0 Å². The standard InChI is InChI=1S/C10H13FN2O.ClH/c1-7-2-3-8(11)6-9(7)13-10(14)4-5-12;/h2-3,6H,4-5,12H2,1H3,(H,13,14);1H. The lowest BCUT2D eigenvalue weighted by molar-refractivity contribution is -0.116. The molecule has 0 radical (unpaired) electrons. The number of amides is 1. The zero-order valence-electron chi connectivity index (χ0n) is 8.42. The van der Waals surface area contributed by atoms with Crippen molar-refractivity contribution in [3.63, 3.8) is 0 Å². The van der Waals surface area contributed by atoms with Crippen molar-refractivity contribution < 1.29 is 9.18 Å². The van der Waals surface area contributed by atoms with Gasteiger partial charge in [-0.1, -0.05) is 6.07 Å². The number of anilines is 1. The molecule has 3 nitrogen and oxygen atoms in total. The summed E-state index contributed by atoms with van der Waals surface area (Å²) in [5, 5.41) is 2.59. The van der Waals surface area contributed by atoms with Gasteiger partial charge in [-0.3, -0.25) is 4.79 Å². The number of benzene rings is 1. The van der Waals surface area contributed by atoms with Crippen LogP contribution in [0.15, 0.2) is 18.2 Å². The van der Waals surface area contributed by atoms with Crippen LogP contribution in [0.5, 0.6) is 0 Å². The van der Waals surface area contributed by atoms with Crippen molar-refractivity contribution in [2.75, 3.05) is 11.9 Å². The average Bonchev–Trinajstić information content (AvgIpc) is 2.12. The zero-order chi connectivity index (χ0) is 10.6. The first-order chi connectivity index (χ1) is 6.63. The molecular formula is C10H14ClFN2O. The Bertz CT molecular complexity index is 344. The molecule has 1 aromatic rings. The first kappa shape index (κ1) is 13.9. The SMILES string of the molecule is Cc1ccc(F)cc1NC(=O)CCN.Cl. The van der Waals surface area contributed by atoms with Gasteiger partial charge in [0, 0.05) is 18.7 Å². The molecule has 15 heavy (non-hydrogen) atoms. The summed E-state index contributed by atoms with van der Waals surface area (Å²) in [6.45, 7) is 2.09. The summed E-state index contributed by atoms with van der Waals surface area (Å²) in [7, 11) is 0. The van der Waals surface area contributed by atoms with E-state index in [1.54, 1.807) is 13.0 Å². The van der Waals surface area contributed by atoms with Gasteiger partial charge in [-0.2, -0.15) is 0 Å². The normalized spacial score (nSPS) is 9.27. The van der Waals surface area contributed by atoms with E-state index in [1.165, 1.54) is 12.1 Å². The highest BCUT2D eigenvalue weighted by molar-refractivity contribution is 5.91. The van der Waals surface area contributed by atoms with E-state index in [-0.39, 0.29) is 30.6 Å². The maximum atomic E-state index is 12.8. The molecule has 3 N–H and O–H groups in total. The van der Waals surface area contributed by atoms with Crippen molar-refractivity contribution >= 4 is 24.0 Å². The Hall–Kier alpha value is -1.13. The minimum absolute atomic E-state index is 0. The van der Waals surface area contributed by atoms with Gasteiger partial charge in [0.2, 0.25) is 5.91 Å². The van der Waals surface area contributed by atoms with Gasteiger partial charge in [-0.25, -0.2) is 4.39 Å². The number of carbonyl (C=O) groups excluding carboxylic acids is 1. The molecule has 1 rings (SSSR count). The highest BCUT2D eigenvalue weighted by Crippen LogP contribution is 2.15. The second kappa shape index (κ2) is 6.37. The van der Waals surface area contributed by atoms with Crippen molar-refractivity contribution in [2.24, 2.45) is 5.73 Å². The molecule has 0 atom stereocenters. The molecule has 1 aromatic carbocycles. The highest BCUT2D eigenvalue weighted by atomic mass is 35.5. The fraction of sp³-hybridized carbons (Fsp3) is 0.300. The molecule has 84 valence electrons. The van der Waals surface area contributed by atoms with Crippen LogP contribution in [0.3, 0.4) is 0 Å². The predicted molar refractivity (Wildman–Crippen MR) is 60.7 cm³/mol. The summed E-state index contributed by atoms with van der Waals surface area (Å²) in [6.07, 6.45) is 0.246. The molecule has 5 heteroatoms. The van der Waals surface area contributed by atoms with Crippen LogP contribution in [-0.2, 0) is 4.79 Å². The van der Waals surface area contributed by atoms with Gasteiger partial charge in [0.1, 0.15) is 5.82 Å². The van der Waals surface area contributed by atoms with Gasteiger partial charge in [0.05, 0.1) is 0 Å². The number of hydrogen-bond donors (Lipinski definition) is 2. The van der Waals surface area contributed by atoms with Crippen LogP contribution in [0.4, 0.5) is 10.1 Å². The summed E-state index contributed by atoms with van der Waals surface area (Å²) >= 11 is 0. The lowest BCUT2D eigenvalue weighted by atomic mass is 10.2. The molecule has 0 unspecified atom stereocenters. The molecule has 0 saturated heterocycles. The van der Waals surface area contributed by atoms with Gasteiger partial charge in [0.15, 0.2) is 0 Å². The van der Waals surface area contributed by atoms with Gasteiger partial charge in [-0.15, -0.1) is 12.4 Å². The van der Waals surface area contributed by atoms with Crippen molar-refractivity contribution in [1.82, 2.24) is 0 Å². The van der Waals surface area contributed by atoms with E-state index in [1.807, 2.05) is 0 Å². The van der Waals surface area contributed by atoms with Crippen LogP contribution in [0.2, 0.25) is 0 Å². The lowest BCUT2D eigenvalue weighted by Gasteiger charge is -2.07. The van der Waals surface area contributed by atoms with Crippen LogP contribution in [0, 0.1) is 12.7 Å². The third-order valence-corrected chi connectivity index (χ3v) is 1.85. The van der Waals surface area contributed by atoms with Crippen molar-refractivity contribution in [3.05, 3.63) is 29.6 Å². The topological polar surface area (TPSA) is 55.1 Å². The Morgan fingerprint density at radius 2 is 2.20 bits per heavy atom. The first-order valence-electron chi connectivity index (χ1n) is 4.39. The van der Waals surface area contributed by atoms with E-state index >= 15 is 0 Å². The fourth-order valence-electron chi connectivity index (χ4n) is 1.07. The summed E-state index contributed by atoms with van der Waals surface area (Å²) in [6, 6.07) is 4.27. The molecule has 0 heterocycles. The molecule has 0 aliphatic heterocycles. The summed E-state index contributed by atoms with van der Waals surface area (Å²) in [4.78, 5) is 11.2. The van der Waals surface area contributed by atoms with E-state index in [0.29, 0.717) is 12.2 Å². The second-order valence-electron chi connectivity index (χ2n) is 3.05. The minimum atomic E-state index is -0.362. The molecule has 0 aromatic heterocycles. The molecule has 0 spiro atoms. The molecule has 0 aliphatic carbocycles. The Morgan fingerprint density at radius 3 is 2.80 bits per heavy atom. The molecule has 1 amide bonds. The molecule has 0 saturated carbocycles. The Labute approximate surface area is 94.3 Å². The van der Waals surface area contributed by atoms with Gasteiger partial charge < -0.3 is 11.1 Å². The second-order valence-corrected chi connectivity index (χ2v) is 3.05. The Morgan fingerprint density at radius 1 is 1.53 bits per heavy atom. The fourth-order valence-corrected chi connectivity index (χ4v) is 1.07. The third-order valence-electron chi connectivity index (χ3n) is 1.85. The van der Waals surface area contributed by atoms with Crippen LogP contribution >= 0.6 is 12.4 Å². The molecule has 0 bridgehead atoms. The van der Waals surface area contributed by atoms with Crippen LogP contribution in [-0.4, -0.2) is 12.5 Å². The number of nitrogens with one attached hydrogen (secondary N) is 1. The summed E-state index contributed by atoms with van der Waals surface area (Å²) in [5.41, 5.74) is 6.55. The van der Waals surface area contributed by atoms with Crippen molar-refractivity contribution in [3.8, 4) is 0 Å². The van der Waals surface area contributed by atoms with Gasteiger partial charge in [0.25, 0.3) is 0 Å². The number of rotatable bonds is 3. The smallest absolute Gasteiger partial charge is 0.225 e. The van der Waals surface area contributed by atoms with Crippen molar-refractivity contribution in [2.45, 2.75) is 13.3 Å². The molecule has 0 aliphatic rings. The summed E-state index contributed by atoms with van der Waals surface area (Å²) in [5.74, 6) is -0.556. The number of aryl methyl sites for hydroxylation is 1. The van der Waals surface area contributed by atoms with E-state index in [4.69, 9.17) is 5.73 Å². The monoisotopic (exact) mass is 232 g/mol. The minimum Gasteiger partial charge on any atom is -0.330 e. The van der Waals surface area contributed by atoms with E-state index in [0.717, 1.165) is 5.56 Å². The maximum absolute atomic E-state index is 12.8. The van der Waals surface area contributed by atoms with Crippen LogP contribution in [0.1, 0.15) is 12.0 Å². The van der Waals surface area contributed by atoms with Gasteiger partial charge in [-0.05, 0) is 24.6 Å². The number of nitrogens with two attached hydrogens (primary N) is 1. The summed E-state index contributed by atoms with van der Waals surface area (Å²) < 4.78 is 12.8. The van der Waals surface area contributed by atoms with Gasteiger partial charge >= 0.3 is 0 Å². The van der Waals surface area contributed by atoms with Crippen LogP contribution < -0.4 is 11.1 Å². The number of carbonyl (C=O) groups is 1. The highest BCUT2D eigenvalue weighted by Gasteiger charge is 2.04. The largest absolute Gasteiger partial charge is 0.330 e. The zero-order valence-corrected chi connectivity index (χ0v) is 9.23. The average molecular weight is 233 g/mol. The molecular weight excluding hydrogens is 219 g/mol. The van der Waals surface area contributed by atoms with Crippen molar-refractivity contribution in [1.29, 1.82) is 0 Å². The van der Waals surface area contributed by atoms with Crippen LogP contribution in [0.25, 0.3) is 0 Å². The first-order valence-corrected chi connectivity index (χ1v) is 4.39. The van der Waals surface area contributed by atoms with E-state index in [9.17, 15) is 9.18 Å². The number of hydrogen-bond acceptors (Lipinski definition) is 2. The predicted octanol–water partition coefficient (Wildman–Crippen LogP) is 1.84. The lowest BCUT2D eigenvalue weighted by Crippen LogP contribution is -2.16. The molecule has 0 fully saturated rings. The number of halogens is 2. The Balaban J connectivity index is 0.00000196. The Kier molecular flexibility index (Phi) is 5.89. The third kappa shape index (κ3) is 4.27. The quantitative estimate of drug-likeness (QED) is 0.836. The van der Waals surface area contributed by atoms with E-state index in [2.05, 4.69) is 5.32 Å². The maximum Gasteiger partial charge on any atom is 0.225 e.